The van der Waals surface area contributed by atoms with E-state index in [9.17, 15) is 58.6 Å². The Morgan fingerprint density at radius 1 is 0.489 bits per heavy atom. The minimum Gasteiger partial charge on any atom is -0.462 e. The third-order valence-electron chi connectivity index (χ3n) is 38.6. The molecule has 20 aliphatic carbocycles. The number of likely N-dealkylation sites (tertiary alicyclic amines) is 1. The number of likely N-dealkylation sites (N-methyl/N-ethyl adjacent to an activating group) is 1. The highest BCUT2D eigenvalue weighted by atomic mass is 32.2. The van der Waals surface area contributed by atoms with Crippen LogP contribution in [0.5, 0.6) is 0 Å². The van der Waals surface area contributed by atoms with E-state index in [0.29, 0.717) is 109 Å². The zero-order valence-corrected chi connectivity index (χ0v) is 86.0. The summed E-state index contributed by atoms with van der Waals surface area (Å²) in [6.07, 6.45) is 23.2. The summed E-state index contributed by atoms with van der Waals surface area (Å²) in [4.78, 5) is 165. The normalized spacial score (nSPS) is 40.1. The molecule has 22 unspecified atom stereocenters. The van der Waals surface area contributed by atoms with Crippen molar-refractivity contribution in [2.75, 3.05) is 14.1 Å². The van der Waals surface area contributed by atoms with Gasteiger partial charge in [0.05, 0.1) is 93.8 Å². The van der Waals surface area contributed by atoms with Gasteiger partial charge in [-0.15, -0.1) is 0 Å². The molecule has 20 bridgehead atoms. The Labute approximate surface area is 837 Å². The summed E-state index contributed by atoms with van der Waals surface area (Å²) in [7, 11) is 2.82. The molecule has 141 heavy (non-hydrogen) atoms. The topological polar surface area (TPSA) is 440 Å². The molecule has 2 N–H and O–H groups in total. The SMILES string of the molecule is CC(C)(C#N)N=NC(C)(C)C#N.CCC(CC(CC(C(=O)OC1C2CC3CC1CC(O)(C3)C2)C1C(=O)N(C)C(=O)C1C(C)(C)C#N)C(=O)OC1(CC)C2CC3CC(C2)CC1C3)C(=O)OC1C2CC3C(=O)OC1C3C2.CCC(CC(CC(SC(=S)n1nc(C)cc1C)C(=O)OC1C2CC3CC1CC(O)(C3)C2)C(=O)OC1(CC)C2CC3CC(C2)CC1C3)C(=O)OC1C2CC3C(=O)OC1C3C2.CN1C(=O)C=CC1=O. The van der Waals surface area contributed by atoms with E-state index in [-0.39, 0.29) is 133 Å². The first-order valence-electron chi connectivity index (χ1n) is 53.1. The van der Waals surface area contributed by atoms with Crippen LogP contribution >= 0.6 is 24.0 Å². The van der Waals surface area contributed by atoms with E-state index in [2.05, 4.69) is 35.2 Å². The van der Waals surface area contributed by atoms with Crippen LogP contribution in [0.15, 0.2) is 28.4 Å². The van der Waals surface area contributed by atoms with E-state index in [4.69, 9.17) is 60.6 Å². The maximum atomic E-state index is 15.3. The Morgan fingerprint density at radius 3 is 1.24 bits per heavy atom. The van der Waals surface area contributed by atoms with Crippen LogP contribution < -0.4 is 0 Å². The summed E-state index contributed by atoms with van der Waals surface area (Å²) < 4.78 is 52.9. The fraction of sp³-hybridized carbons (Fsp3) is 0.806. The number of ether oxygens (including phenoxy) is 8. The van der Waals surface area contributed by atoms with E-state index in [1.165, 1.54) is 50.9 Å². The van der Waals surface area contributed by atoms with Gasteiger partial charge in [-0.25, -0.2) is 4.68 Å². The molecule has 1 aromatic rings. The summed E-state index contributed by atoms with van der Waals surface area (Å²) in [5.74, 6) is -7.33. The molecule has 25 rings (SSSR count). The van der Waals surface area contributed by atoms with Gasteiger partial charge in [0, 0.05) is 55.6 Å². The highest BCUT2D eigenvalue weighted by molar-refractivity contribution is 8.23. The van der Waals surface area contributed by atoms with Gasteiger partial charge in [0.15, 0.2) is 15.4 Å². The molecule has 24 aliphatic rings. The lowest BCUT2D eigenvalue weighted by Crippen LogP contribution is -2.60. The van der Waals surface area contributed by atoms with Crippen molar-refractivity contribution in [3.63, 3.8) is 0 Å². The summed E-state index contributed by atoms with van der Waals surface area (Å²) in [6, 6.07) is 8.11. The number of aryl methyl sites for hydroxylation is 2. The van der Waals surface area contributed by atoms with Crippen LogP contribution in [0.3, 0.4) is 0 Å². The Hall–Kier alpha value is -8.58. The van der Waals surface area contributed by atoms with Gasteiger partial charge in [-0.05, 0) is 350 Å². The van der Waals surface area contributed by atoms with Crippen LogP contribution in [-0.4, -0.2) is 195 Å². The number of esters is 8. The van der Waals surface area contributed by atoms with Crippen molar-refractivity contribution in [3.8, 4) is 18.2 Å². The number of hydrogen-bond acceptors (Lipinski definition) is 30. The zero-order chi connectivity index (χ0) is 101. The van der Waals surface area contributed by atoms with Crippen molar-refractivity contribution in [1.29, 1.82) is 15.8 Å². The Morgan fingerprint density at radius 2 is 0.887 bits per heavy atom. The van der Waals surface area contributed by atoms with E-state index in [0.717, 1.165) is 130 Å². The van der Waals surface area contributed by atoms with Crippen molar-refractivity contribution in [1.82, 2.24) is 19.6 Å². The summed E-state index contributed by atoms with van der Waals surface area (Å²) in [6.45, 7) is 21.6. The van der Waals surface area contributed by atoms with Crippen LogP contribution in [0.1, 0.15) is 286 Å². The number of thiocarbonyl (C=S) groups is 1. The zero-order valence-electron chi connectivity index (χ0n) is 84.4. The third-order valence-corrected chi connectivity index (χ3v) is 40.1. The van der Waals surface area contributed by atoms with Gasteiger partial charge in [0.2, 0.25) is 11.8 Å². The number of azo groups is 1. The maximum Gasteiger partial charge on any atom is 0.319 e. The van der Waals surface area contributed by atoms with Gasteiger partial charge in [-0.3, -0.25) is 67.3 Å². The van der Waals surface area contributed by atoms with E-state index < -0.39 is 158 Å². The second-order valence-electron chi connectivity index (χ2n) is 48.9. The van der Waals surface area contributed by atoms with Crippen LogP contribution in [0.2, 0.25) is 0 Å². The number of amides is 4. The minimum absolute atomic E-state index is 0.0212. The number of carbonyl (C=O) groups excluding carboxylic acids is 12. The Balaban J connectivity index is 0.000000156. The lowest BCUT2D eigenvalue weighted by Gasteiger charge is -2.60. The number of nitrogens with zero attached hydrogens (tertiary/aromatic N) is 9. The third kappa shape index (κ3) is 19.4. The number of rotatable bonds is 29. The molecular formula is C108H145N9O22S2. The van der Waals surface area contributed by atoms with Crippen LogP contribution in [-0.2, 0) is 95.4 Å². The van der Waals surface area contributed by atoms with Crippen molar-refractivity contribution >= 4 is 99.7 Å². The van der Waals surface area contributed by atoms with E-state index >= 15 is 14.4 Å². The molecule has 33 heteroatoms. The number of imide groups is 2. The summed E-state index contributed by atoms with van der Waals surface area (Å²) in [5, 5.41) is 61.5. The molecule has 4 aliphatic heterocycles. The van der Waals surface area contributed by atoms with Gasteiger partial charge in [-0.2, -0.15) is 31.1 Å². The molecule has 23 fully saturated rings. The van der Waals surface area contributed by atoms with Gasteiger partial charge >= 0.3 is 47.8 Å². The Bertz CT molecular complexity index is 5200. The quantitative estimate of drug-likeness (QED) is 0.0247. The monoisotopic (exact) mass is 1980 g/mol. The van der Waals surface area contributed by atoms with Crippen molar-refractivity contribution in [2.45, 2.75) is 364 Å². The van der Waals surface area contributed by atoms with Crippen LogP contribution in [0.4, 0.5) is 0 Å². The number of aliphatic hydroxyl groups is 2. The lowest BCUT2D eigenvalue weighted by molar-refractivity contribution is -0.216. The minimum atomic E-state index is -1.35. The second kappa shape index (κ2) is 39.0. The predicted molar refractivity (Wildman–Crippen MR) is 511 cm³/mol. The molecule has 4 amide bonds. The number of nitriles is 3. The van der Waals surface area contributed by atoms with Crippen molar-refractivity contribution < 1.29 is 106 Å². The van der Waals surface area contributed by atoms with Crippen LogP contribution in [0, 0.1) is 213 Å². The molecule has 5 heterocycles. The number of fused-ring (bicyclic) bond motifs is 2. The highest BCUT2D eigenvalue weighted by Gasteiger charge is 2.69. The molecule has 766 valence electrons. The molecule has 0 aromatic carbocycles. The second-order valence-corrected chi connectivity index (χ2v) is 50.8. The number of thioether (sulfide) groups is 1. The molecular weight excluding hydrogens is 1840 g/mol. The summed E-state index contributed by atoms with van der Waals surface area (Å²) in [5.41, 5.74) is -4.06. The molecule has 31 nitrogen and oxygen atoms in total. The van der Waals surface area contributed by atoms with E-state index in [1.54, 1.807) is 46.2 Å². The average Bonchev–Trinajstić information content (AvgIpc) is 1.72. The Kier molecular flexibility index (Phi) is 28.3. The predicted octanol–water partition coefficient (Wildman–Crippen LogP) is 14.8. The number of carbonyl (C=O) groups is 12. The first-order valence-corrected chi connectivity index (χ1v) is 54.4. The standard InChI is InChI=1S/C49H66N2O11.C46H62N2O9S2.C8H12N4.C5H5NO2/c1-6-26(43(54)60-39-27-16-33-34(17-27)45(56)61-40(33)39)15-28(44(55)62-49(7-2)31-11-23-8-24(13-31)14-32(49)12-23)18-35(36-37(47(3,4)22-50)42(53)51(5)41(36)52)46(57)59-38-29-9-25-10-30(38)21-48(58,19-25)20-29;1-5-27(40(49)55-38-28-16-34-35(17-28)42(51)56-39(34)38)15-29(41(50)57-46(6-2)32-11-24-8-25(13-32)14-33(46)12-24)18-36(59-44(58)48-23(4)7-22(3)47-48)43(52)54-37-30-9-26-10-31(37)21-45(53,19-26)20-30;1-7(2,5-9)11-12-8(3,4)6-10;1-6-4(7)2-3-5(6)8/h23-40,58H,6-21H2,1-5H3;7,24-39,53H,5-6,8-21H2,1-4H3;1-4H3;2-3H,1H3. The maximum absolute atomic E-state index is 15.3. The molecule has 1 aromatic heterocycles. The number of aromatic nitrogens is 2. The highest BCUT2D eigenvalue weighted by Crippen LogP contribution is 2.66. The fourth-order valence-electron chi connectivity index (χ4n) is 32.5. The van der Waals surface area contributed by atoms with Gasteiger partial charge in [0.1, 0.15) is 53.1 Å². The molecule has 20 saturated carbocycles. The van der Waals surface area contributed by atoms with Crippen molar-refractivity contribution in [2.24, 2.45) is 175 Å². The van der Waals surface area contributed by atoms with Crippen molar-refractivity contribution in [3.05, 3.63) is 29.6 Å². The molecule has 3 saturated heterocycles. The van der Waals surface area contributed by atoms with Crippen LogP contribution in [0.25, 0.3) is 0 Å². The van der Waals surface area contributed by atoms with Gasteiger partial charge < -0.3 is 48.1 Å². The first-order chi connectivity index (χ1) is 66.7. The fourth-order valence-corrected chi connectivity index (χ4v) is 34.0. The largest absolute Gasteiger partial charge is 0.462 e. The van der Waals surface area contributed by atoms with Gasteiger partial charge in [0.25, 0.3) is 11.8 Å². The van der Waals surface area contributed by atoms with Gasteiger partial charge in [-0.1, -0.05) is 51.7 Å². The smallest absolute Gasteiger partial charge is 0.319 e. The summed E-state index contributed by atoms with van der Waals surface area (Å²) >= 11 is 7.18. The molecule has 0 radical (unpaired) electrons. The molecule has 0 spiro atoms. The van der Waals surface area contributed by atoms with E-state index in [1.807, 2.05) is 45.9 Å². The lowest BCUT2D eigenvalue weighted by atomic mass is 9.49. The number of hydrogen-bond donors (Lipinski definition) is 2. The average molecular weight is 1990 g/mol. The first kappa shape index (κ1) is 102. The molecule has 22 atom stereocenters.